The number of aromatic nitrogens is 2. The summed E-state index contributed by atoms with van der Waals surface area (Å²) in [6, 6.07) is 10.2. The molecule has 1 aliphatic heterocycles. The van der Waals surface area contributed by atoms with Gasteiger partial charge in [0.25, 0.3) is 0 Å². The number of hydrogen-bond acceptors (Lipinski definition) is 3. The molecule has 0 radical (unpaired) electrons. The van der Waals surface area contributed by atoms with Gasteiger partial charge in [-0.3, -0.25) is 4.99 Å². The van der Waals surface area contributed by atoms with Crippen LogP contribution in [0.2, 0.25) is 0 Å². The first-order valence-corrected chi connectivity index (χ1v) is 9.42. The van der Waals surface area contributed by atoms with Crippen molar-refractivity contribution < 1.29 is 4.74 Å². The van der Waals surface area contributed by atoms with Crippen LogP contribution >= 0.6 is 24.0 Å². The van der Waals surface area contributed by atoms with E-state index in [0.29, 0.717) is 5.92 Å². The van der Waals surface area contributed by atoms with E-state index in [1.165, 1.54) is 5.56 Å². The molecule has 2 aromatic rings. The molecule has 1 aromatic carbocycles. The first-order valence-electron chi connectivity index (χ1n) is 9.42. The van der Waals surface area contributed by atoms with Crippen molar-refractivity contribution >= 4 is 29.9 Å². The molecular weight excluding hydrogens is 453 g/mol. The first-order chi connectivity index (χ1) is 12.8. The molecule has 0 spiro atoms. The summed E-state index contributed by atoms with van der Waals surface area (Å²) in [6.07, 6.45) is 6.02. The van der Waals surface area contributed by atoms with Crippen molar-refractivity contribution in [1.29, 1.82) is 0 Å². The maximum Gasteiger partial charge on any atom is 0.193 e. The van der Waals surface area contributed by atoms with E-state index < -0.39 is 0 Å². The van der Waals surface area contributed by atoms with Crippen LogP contribution in [0, 0.1) is 5.92 Å². The van der Waals surface area contributed by atoms with E-state index in [9.17, 15) is 0 Å². The van der Waals surface area contributed by atoms with Crippen molar-refractivity contribution in [3.63, 3.8) is 0 Å². The highest BCUT2D eigenvalue weighted by atomic mass is 127. The normalized spacial score (nSPS) is 16.8. The van der Waals surface area contributed by atoms with Gasteiger partial charge in [0.2, 0.25) is 0 Å². The molecule has 1 atom stereocenters. The molecule has 1 aliphatic rings. The third-order valence-corrected chi connectivity index (χ3v) is 4.57. The fraction of sp³-hybridized carbons (Fsp3) is 0.500. The molecule has 7 heteroatoms. The van der Waals surface area contributed by atoms with Crippen LogP contribution in [0.4, 0.5) is 0 Å². The smallest absolute Gasteiger partial charge is 0.193 e. The molecule has 148 valence electrons. The minimum absolute atomic E-state index is 0. The molecule has 1 fully saturated rings. The minimum atomic E-state index is 0. The second-order valence-corrected chi connectivity index (χ2v) is 6.72. The minimum Gasteiger partial charge on any atom is -0.381 e. The van der Waals surface area contributed by atoms with Gasteiger partial charge in [-0.2, -0.15) is 5.10 Å². The molecule has 6 nitrogen and oxygen atoms in total. The third-order valence-electron chi connectivity index (χ3n) is 4.57. The number of halogens is 1. The summed E-state index contributed by atoms with van der Waals surface area (Å²) in [5.74, 6) is 1.57. The number of hydrogen-bond donors (Lipinski definition) is 1. The number of aliphatic imine (C=N–C) groups is 1. The van der Waals surface area contributed by atoms with Crippen molar-refractivity contribution in [2.75, 3.05) is 39.9 Å². The Balaban J connectivity index is 0.00000261. The van der Waals surface area contributed by atoms with E-state index >= 15 is 0 Å². The Bertz CT molecular complexity index is 697. The lowest BCUT2D eigenvalue weighted by atomic mass is 10.1. The van der Waals surface area contributed by atoms with Gasteiger partial charge >= 0.3 is 0 Å². The Morgan fingerprint density at radius 2 is 2.19 bits per heavy atom. The second-order valence-electron chi connectivity index (χ2n) is 6.72. The molecule has 27 heavy (non-hydrogen) atoms. The average molecular weight is 483 g/mol. The van der Waals surface area contributed by atoms with Gasteiger partial charge in [-0.25, -0.2) is 4.68 Å². The van der Waals surface area contributed by atoms with Crippen molar-refractivity contribution in [2.24, 2.45) is 10.9 Å². The summed E-state index contributed by atoms with van der Waals surface area (Å²) in [7, 11) is 2.10. The number of nitrogens with zero attached hydrogens (tertiary/aromatic N) is 4. The van der Waals surface area contributed by atoms with E-state index in [0.717, 1.165) is 57.3 Å². The molecule has 1 N–H and O–H groups in total. The third kappa shape index (κ3) is 6.49. The molecule has 0 saturated carbocycles. The van der Waals surface area contributed by atoms with Crippen LogP contribution in [0.3, 0.4) is 0 Å². The van der Waals surface area contributed by atoms with Crippen molar-refractivity contribution in [3.05, 3.63) is 48.3 Å². The van der Waals surface area contributed by atoms with Crippen LogP contribution in [0.25, 0.3) is 5.69 Å². The molecule has 2 heterocycles. The summed E-state index contributed by atoms with van der Waals surface area (Å²) in [5, 5.41) is 7.84. The van der Waals surface area contributed by atoms with Crippen LogP contribution in [0.15, 0.2) is 47.7 Å². The van der Waals surface area contributed by atoms with Gasteiger partial charge in [-0.05, 0) is 37.5 Å². The molecule has 0 amide bonds. The number of rotatable bonds is 7. The highest BCUT2D eigenvalue weighted by Gasteiger charge is 2.18. The SMILES string of the molecule is CCNC(=NCCc1cnn(-c2ccccc2)c1)N(C)CC1CCOC1.I. The summed E-state index contributed by atoms with van der Waals surface area (Å²) in [5.41, 5.74) is 2.27. The van der Waals surface area contributed by atoms with Gasteiger partial charge in [0.15, 0.2) is 5.96 Å². The van der Waals surface area contributed by atoms with Crippen molar-refractivity contribution in [2.45, 2.75) is 19.8 Å². The Kier molecular flexibility index (Phi) is 9.06. The van der Waals surface area contributed by atoms with Gasteiger partial charge in [-0.15, -0.1) is 24.0 Å². The zero-order valence-corrected chi connectivity index (χ0v) is 18.5. The fourth-order valence-corrected chi connectivity index (χ4v) is 3.17. The zero-order chi connectivity index (χ0) is 18.2. The van der Waals surface area contributed by atoms with Gasteiger partial charge in [-0.1, -0.05) is 18.2 Å². The Labute approximate surface area is 179 Å². The quantitative estimate of drug-likeness (QED) is 0.374. The molecule has 1 unspecified atom stereocenters. The van der Waals surface area contributed by atoms with E-state index in [4.69, 9.17) is 9.73 Å². The average Bonchev–Trinajstić information content (AvgIpc) is 3.34. The Morgan fingerprint density at radius 1 is 1.37 bits per heavy atom. The standard InChI is InChI=1S/C20H29N5O.HI/c1-3-21-20(24(2)14-18-10-12-26-16-18)22-11-9-17-13-23-25(15-17)19-7-5-4-6-8-19;/h4-8,13,15,18H,3,9-12,14,16H2,1-2H3,(H,21,22);1H. The lowest BCUT2D eigenvalue weighted by Crippen LogP contribution is -2.41. The molecular formula is C20H30IN5O. The number of nitrogens with one attached hydrogen (secondary N) is 1. The van der Waals surface area contributed by atoms with Gasteiger partial charge in [0.05, 0.1) is 18.5 Å². The van der Waals surface area contributed by atoms with Crippen molar-refractivity contribution in [1.82, 2.24) is 20.0 Å². The van der Waals surface area contributed by atoms with Gasteiger partial charge < -0.3 is 15.0 Å². The lowest BCUT2D eigenvalue weighted by molar-refractivity contribution is 0.181. The van der Waals surface area contributed by atoms with Crippen LogP contribution in [-0.4, -0.2) is 60.5 Å². The summed E-state index contributed by atoms with van der Waals surface area (Å²) >= 11 is 0. The topological polar surface area (TPSA) is 54.7 Å². The summed E-state index contributed by atoms with van der Waals surface area (Å²) < 4.78 is 7.39. The summed E-state index contributed by atoms with van der Waals surface area (Å²) in [4.78, 5) is 7.00. The summed E-state index contributed by atoms with van der Waals surface area (Å²) in [6.45, 7) is 6.45. The van der Waals surface area contributed by atoms with Gasteiger partial charge in [0, 0.05) is 45.4 Å². The predicted octanol–water partition coefficient (Wildman–Crippen LogP) is 2.97. The van der Waals surface area contributed by atoms with E-state index in [1.54, 1.807) is 0 Å². The Morgan fingerprint density at radius 3 is 2.89 bits per heavy atom. The van der Waals surface area contributed by atoms with Crippen LogP contribution < -0.4 is 5.32 Å². The van der Waals surface area contributed by atoms with Crippen LogP contribution in [0.5, 0.6) is 0 Å². The maximum absolute atomic E-state index is 5.48. The Hall–Kier alpha value is -1.61. The maximum atomic E-state index is 5.48. The van der Waals surface area contributed by atoms with E-state index in [1.807, 2.05) is 29.1 Å². The van der Waals surface area contributed by atoms with E-state index in [2.05, 4.69) is 47.6 Å². The lowest BCUT2D eigenvalue weighted by Gasteiger charge is -2.24. The molecule has 0 aliphatic carbocycles. The zero-order valence-electron chi connectivity index (χ0n) is 16.2. The molecule has 0 bridgehead atoms. The fourth-order valence-electron chi connectivity index (χ4n) is 3.17. The van der Waals surface area contributed by atoms with Crippen molar-refractivity contribution in [3.8, 4) is 5.69 Å². The first kappa shape index (κ1) is 21.7. The van der Waals surface area contributed by atoms with Crippen LogP contribution in [0.1, 0.15) is 18.9 Å². The van der Waals surface area contributed by atoms with Crippen LogP contribution in [-0.2, 0) is 11.2 Å². The van der Waals surface area contributed by atoms with Gasteiger partial charge in [0.1, 0.15) is 0 Å². The highest BCUT2D eigenvalue weighted by Crippen LogP contribution is 2.13. The highest BCUT2D eigenvalue weighted by molar-refractivity contribution is 14.0. The number of benzene rings is 1. The number of para-hydroxylation sites is 1. The second kappa shape index (κ2) is 11.3. The largest absolute Gasteiger partial charge is 0.381 e. The molecule has 3 rings (SSSR count). The predicted molar refractivity (Wildman–Crippen MR) is 120 cm³/mol. The monoisotopic (exact) mass is 483 g/mol. The molecule has 1 aromatic heterocycles. The number of ether oxygens (including phenoxy) is 1. The van der Waals surface area contributed by atoms with E-state index in [-0.39, 0.29) is 24.0 Å². The number of guanidine groups is 1. The molecule has 1 saturated heterocycles.